The molecular weight excluding hydrogens is 252 g/mol. The lowest BCUT2D eigenvalue weighted by molar-refractivity contribution is 0.0870. The van der Waals surface area contributed by atoms with Crippen molar-refractivity contribution in [1.82, 2.24) is 0 Å². The highest BCUT2D eigenvalue weighted by molar-refractivity contribution is 5.98. The summed E-state index contributed by atoms with van der Waals surface area (Å²) >= 11 is 0. The Bertz CT molecular complexity index is 437. The van der Waals surface area contributed by atoms with Crippen LogP contribution in [0, 0.1) is 11.8 Å². The summed E-state index contributed by atoms with van der Waals surface area (Å²) < 4.78 is 10.5. The van der Waals surface area contributed by atoms with Gasteiger partial charge in [0.25, 0.3) is 0 Å². The third-order valence-electron chi connectivity index (χ3n) is 4.43. The molecule has 1 aromatic rings. The topological polar surface area (TPSA) is 35.5 Å². The average molecular weight is 276 g/mol. The minimum Gasteiger partial charge on any atom is -0.497 e. The molecule has 1 aliphatic carbocycles. The lowest BCUT2D eigenvalue weighted by Gasteiger charge is -2.27. The van der Waals surface area contributed by atoms with E-state index in [1.54, 1.807) is 20.3 Å². The Kier molecular flexibility index (Phi) is 5.05. The number of carbonyl (C=O) groups is 1. The van der Waals surface area contributed by atoms with Gasteiger partial charge in [-0.3, -0.25) is 4.79 Å². The summed E-state index contributed by atoms with van der Waals surface area (Å²) in [5.74, 6) is 2.55. The third-order valence-corrected chi connectivity index (χ3v) is 4.43. The normalized spacial score (nSPS) is 22.4. The molecule has 0 aromatic heterocycles. The Labute approximate surface area is 121 Å². The monoisotopic (exact) mass is 276 g/mol. The van der Waals surface area contributed by atoms with Gasteiger partial charge >= 0.3 is 0 Å². The van der Waals surface area contributed by atoms with Crippen LogP contribution < -0.4 is 9.47 Å². The van der Waals surface area contributed by atoms with Gasteiger partial charge in [0.15, 0.2) is 5.78 Å². The van der Waals surface area contributed by atoms with Crippen LogP contribution >= 0.6 is 0 Å². The van der Waals surface area contributed by atoms with Gasteiger partial charge in [0.1, 0.15) is 11.5 Å². The summed E-state index contributed by atoms with van der Waals surface area (Å²) in [5, 5.41) is 0. The van der Waals surface area contributed by atoms with Gasteiger partial charge in [-0.1, -0.05) is 13.3 Å². The zero-order valence-electron chi connectivity index (χ0n) is 12.6. The van der Waals surface area contributed by atoms with E-state index in [1.165, 1.54) is 19.3 Å². The lowest BCUT2D eigenvalue weighted by Crippen LogP contribution is -2.21. The average Bonchev–Trinajstić information content (AvgIpc) is 2.53. The molecule has 0 bridgehead atoms. The van der Waals surface area contributed by atoms with Crippen molar-refractivity contribution in [1.29, 1.82) is 0 Å². The number of rotatable bonds is 5. The van der Waals surface area contributed by atoms with Crippen LogP contribution in [0.4, 0.5) is 0 Å². The number of hydrogen-bond acceptors (Lipinski definition) is 3. The Morgan fingerprint density at radius 1 is 1.05 bits per heavy atom. The summed E-state index contributed by atoms with van der Waals surface area (Å²) in [6.45, 7) is 2.24. The van der Waals surface area contributed by atoms with Gasteiger partial charge in [0.05, 0.1) is 14.2 Å². The minimum absolute atomic E-state index is 0.162. The van der Waals surface area contributed by atoms with Gasteiger partial charge in [-0.25, -0.2) is 0 Å². The highest BCUT2D eigenvalue weighted by Gasteiger charge is 2.26. The molecule has 0 atom stereocenters. The zero-order valence-corrected chi connectivity index (χ0v) is 12.6. The molecule has 0 unspecified atom stereocenters. The lowest BCUT2D eigenvalue weighted by atomic mass is 9.78. The first-order valence-electron chi connectivity index (χ1n) is 7.45. The summed E-state index contributed by atoms with van der Waals surface area (Å²) in [4.78, 5) is 12.6. The van der Waals surface area contributed by atoms with Crippen LogP contribution in [0.25, 0.3) is 0 Å². The second-order valence-corrected chi connectivity index (χ2v) is 5.59. The Morgan fingerprint density at radius 2 is 1.60 bits per heavy atom. The molecule has 0 aliphatic heterocycles. The van der Waals surface area contributed by atoms with Crippen molar-refractivity contribution in [3.05, 3.63) is 23.8 Å². The molecule has 1 saturated carbocycles. The fraction of sp³-hybridized carbons (Fsp3) is 0.588. The van der Waals surface area contributed by atoms with Crippen molar-refractivity contribution in [2.75, 3.05) is 14.2 Å². The van der Waals surface area contributed by atoms with Crippen LogP contribution in [0.15, 0.2) is 18.2 Å². The summed E-state index contributed by atoms with van der Waals surface area (Å²) in [7, 11) is 3.21. The van der Waals surface area contributed by atoms with Gasteiger partial charge in [-0.2, -0.15) is 0 Å². The summed E-state index contributed by atoms with van der Waals surface area (Å²) in [6.07, 6.45) is 5.60. The van der Waals surface area contributed by atoms with Crippen LogP contribution in [-0.2, 0) is 0 Å². The summed E-state index contributed by atoms with van der Waals surface area (Å²) in [5.41, 5.74) is 0.709. The fourth-order valence-corrected chi connectivity index (χ4v) is 3.02. The molecule has 0 amide bonds. The van der Waals surface area contributed by atoms with Crippen molar-refractivity contribution in [2.45, 2.75) is 39.0 Å². The fourth-order valence-electron chi connectivity index (χ4n) is 3.02. The van der Waals surface area contributed by atoms with E-state index in [0.717, 1.165) is 18.8 Å². The first-order valence-corrected chi connectivity index (χ1v) is 7.45. The number of carbonyl (C=O) groups excluding carboxylic acids is 1. The van der Waals surface area contributed by atoms with E-state index in [2.05, 4.69) is 6.92 Å². The summed E-state index contributed by atoms with van der Waals surface area (Å²) in [6, 6.07) is 5.43. The van der Waals surface area contributed by atoms with E-state index in [1.807, 2.05) is 12.1 Å². The van der Waals surface area contributed by atoms with Gasteiger partial charge in [0, 0.05) is 17.5 Å². The SMILES string of the molecule is CCC1CCC(C(=O)c2cc(OC)cc(OC)c2)CC1. The molecule has 0 spiro atoms. The van der Waals surface area contributed by atoms with Crippen molar-refractivity contribution < 1.29 is 14.3 Å². The standard InChI is InChI=1S/C17H24O3/c1-4-12-5-7-13(8-6-12)17(18)14-9-15(19-2)11-16(10-14)20-3/h9-13H,4-8H2,1-3H3. The van der Waals surface area contributed by atoms with Crippen LogP contribution in [-0.4, -0.2) is 20.0 Å². The molecule has 3 heteroatoms. The first kappa shape index (κ1) is 14.9. The van der Waals surface area contributed by atoms with Crippen LogP contribution in [0.3, 0.4) is 0 Å². The number of ether oxygens (including phenoxy) is 2. The van der Waals surface area contributed by atoms with Gasteiger partial charge in [-0.15, -0.1) is 0 Å². The van der Waals surface area contributed by atoms with E-state index in [4.69, 9.17) is 9.47 Å². The molecule has 0 N–H and O–H groups in total. The van der Waals surface area contributed by atoms with E-state index >= 15 is 0 Å². The maximum Gasteiger partial charge on any atom is 0.166 e. The predicted molar refractivity (Wildman–Crippen MR) is 79.6 cm³/mol. The molecule has 1 aromatic carbocycles. The van der Waals surface area contributed by atoms with Gasteiger partial charge in [0.2, 0.25) is 0 Å². The number of ketones is 1. The molecule has 2 rings (SSSR count). The van der Waals surface area contributed by atoms with Crippen molar-refractivity contribution in [3.8, 4) is 11.5 Å². The van der Waals surface area contributed by atoms with Crippen LogP contribution in [0.5, 0.6) is 11.5 Å². The molecule has 0 heterocycles. The Hall–Kier alpha value is -1.51. The third kappa shape index (κ3) is 3.33. The Morgan fingerprint density at radius 3 is 2.05 bits per heavy atom. The highest BCUT2D eigenvalue weighted by Crippen LogP contribution is 2.34. The highest BCUT2D eigenvalue weighted by atomic mass is 16.5. The molecule has 0 radical (unpaired) electrons. The van der Waals surface area contributed by atoms with Gasteiger partial charge in [-0.05, 0) is 43.7 Å². The molecule has 3 nitrogen and oxygen atoms in total. The molecule has 0 saturated heterocycles. The molecule has 20 heavy (non-hydrogen) atoms. The van der Waals surface area contributed by atoms with E-state index in [-0.39, 0.29) is 11.7 Å². The number of benzene rings is 1. The predicted octanol–water partition coefficient (Wildman–Crippen LogP) is 4.10. The van der Waals surface area contributed by atoms with Crippen molar-refractivity contribution in [2.24, 2.45) is 11.8 Å². The number of Topliss-reactive ketones (excluding diaryl/α,β-unsaturated/α-hetero) is 1. The number of hydrogen-bond donors (Lipinski definition) is 0. The zero-order chi connectivity index (χ0) is 14.5. The Balaban J connectivity index is 2.12. The number of methoxy groups -OCH3 is 2. The molecule has 1 aliphatic rings. The van der Waals surface area contributed by atoms with Crippen LogP contribution in [0.1, 0.15) is 49.4 Å². The van der Waals surface area contributed by atoms with Crippen molar-refractivity contribution >= 4 is 5.78 Å². The maximum absolute atomic E-state index is 12.6. The molecule has 1 fully saturated rings. The largest absolute Gasteiger partial charge is 0.497 e. The second-order valence-electron chi connectivity index (χ2n) is 5.59. The van der Waals surface area contributed by atoms with E-state index in [9.17, 15) is 4.79 Å². The maximum atomic E-state index is 12.6. The van der Waals surface area contributed by atoms with Gasteiger partial charge < -0.3 is 9.47 Å². The van der Waals surface area contributed by atoms with Crippen molar-refractivity contribution in [3.63, 3.8) is 0 Å². The molecule has 110 valence electrons. The second kappa shape index (κ2) is 6.78. The van der Waals surface area contributed by atoms with Crippen LogP contribution in [0.2, 0.25) is 0 Å². The quantitative estimate of drug-likeness (QED) is 0.759. The smallest absolute Gasteiger partial charge is 0.166 e. The first-order chi connectivity index (χ1) is 9.67. The minimum atomic E-state index is 0.162. The van der Waals surface area contributed by atoms with E-state index < -0.39 is 0 Å². The molecular formula is C17H24O3. The van der Waals surface area contributed by atoms with E-state index in [0.29, 0.717) is 17.1 Å².